The summed E-state index contributed by atoms with van der Waals surface area (Å²) in [6, 6.07) is 18.0. The standard InChI is InChI=1S/C25H22FN7O/c1-16(2)33-15-28-31-24(33)20-9-6-10-23(29-20)30-25(34)18-11-22-21(12-19(18)26)27-14-32(22)13-17-7-4-3-5-8-17/h3-12,14-16H,13H2,1-2H3,(H,29,30,34). The number of halogens is 1. The number of anilines is 1. The van der Waals surface area contributed by atoms with Crippen LogP contribution in [0.5, 0.6) is 0 Å². The maximum Gasteiger partial charge on any atom is 0.259 e. The zero-order valence-corrected chi connectivity index (χ0v) is 18.7. The third kappa shape index (κ3) is 4.15. The van der Waals surface area contributed by atoms with Crippen LogP contribution in [0.2, 0.25) is 0 Å². The highest BCUT2D eigenvalue weighted by Gasteiger charge is 2.18. The minimum Gasteiger partial charge on any atom is -0.326 e. The van der Waals surface area contributed by atoms with Crippen molar-refractivity contribution in [2.45, 2.75) is 26.4 Å². The summed E-state index contributed by atoms with van der Waals surface area (Å²) in [7, 11) is 0. The molecule has 3 heterocycles. The van der Waals surface area contributed by atoms with Gasteiger partial charge in [0.15, 0.2) is 5.82 Å². The number of aromatic nitrogens is 6. The molecule has 1 amide bonds. The number of pyridine rings is 1. The number of rotatable bonds is 6. The quantitative estimate of drug-likeness (QED) is 0.400. The number of hydrogen-bond donors (Lipinski definition) is 1. The smallest absolute Gasteiger partial charge is 0.259 e. The molecule has 3 aromatic heterocycles. The maximum absolute atomic E-state index is 14.8. The largest absolute Gasteiger partial charge is 0.326 e. The Kier molecular flexibility index (Phi) is 5.59. The van der Waals surface area contributed by atoms with Crippen molar-refractivity contribution in [3.05, 3.63) is 90.3 Å². The van der Waals surface area contributed by atoms with Crippen molar-refractivity contribution in [3.8, 4) is 11.5 Å². The number of nitrogens with one attached hydrogen (secondary N) is 1. The van der Waals surface area contributed by atoms with Crippen molar-refractivity contribution >= 4 is 22.8 Å². The first-order chi connectivity index (χ1) is 16.5. The number of carbonyl (C=O) groups excluding carboxylic acids is 1. The molecule has 0 unspecified atom stereocenters. The molecule has 0 bridgehead atoms. The fraction of sp³-hybridized carbons (Fsp3) is 0.160. The monoisotopic (exact) mass is 455 g/mol. The molecular weight excluding hydrogens is 433 g/mol. The number of benzene rings is 2. The zero-order chi connectivity index (χ0) is 23.7. The van der Waals surface area contributed by atoms with E-state index in [2.05, 4.69) is 25.5 Å². The molecule has 5 rings (SSSR count). The van der Waals surface area contributed by atoms with E-state index < -0.39 is 11.7 Å². The number of amides is 1. The molecule has 0 atom stereocenters. The summed E-state index contributed by atoms with van der Waals surface area (Å²) in [4.78, 5) is 21.8. The van der Waals surface area contributed by atoms with Crippen LogP contribution >= 0.6 is 0 Å². The normalized spacial score (nSPS) is 11.3. The second-order valence-corrected chi connectivity index (χ2v) is 8.20. The Labute approximate surface area is 195 Å². The molecule has 1 N–H and O–H groups in total. The van der Waals surface area contributed by atoms with Gasteiger partial charge in [0, 0.05) is 18.7 Å². The molecule has 170 valence electrons. The first-order valence-electron chi connectivity index (χ1n) is 10.9. The molecule has 0 saturated heterocycles. The van der Waals surface area contributed by atoms with Gasteiger partial charge in [-0.1, -0.05) is 36.4 Å². The van der Waals surface area contributed by atoms with E-state index in [0.29, 0.717) is 29.1 Å². The summed E-state index contributed by atoms with van der Waals surface area (Å²) in [5.41, 5.74) is 2.70. The number of imidazole rings is 1. The molecule has 0 fully saturated rings. The minimum atomic E-state index is -0.648. The molecule has 0 radical (unpaired) electrons. The van der Waals surface area contributed by atoms with E-state index in [-0.39, 0.29) is 17.4 Å². The van der Waals surface area contributed by atoms with Crippen LogP contribution in [-0.2, 0) is 6.54 Å². The van der Waals surface area contributed by atoms with E-state index in [4.69, 9.17) is 0 Å². The number of nitrogens with zero attached hydrogens (tertiary/aromatic N) is 6. The van der Waals surface area contributed by atoms with Crippen molar-refractivity contribution in [2.24, 2.45) is 0 Å². The number of carbonyl (C=O) groups is 1. The first kappa shape index (κ1) is 21.4. The lowest BCUT2D eigenvalue weighted by molar-refractivity contribution is 0.102. The van der Waals surface area contributed by atoms with E-state index in [9.17, 15) is 9.18 Å². The second-order valence-electron chi connectivity index (χ2n) is 8.20. The second kappa shape index (κ2) is 8.86. The molecule has 0 aliphatic rings. The summed E-state index contributed by atoms with van der Waals surface area (Å²) in [6.45, 7) is 4.59. The zero-order valence-electron chi connectivity index (χ0n) is 18.7. The van der Waals surface area contributed by atoms with Gasteiger partial charge in [0.1, 0.15) is 23.7 Å². The van der Waals surface area contributed by atoms with Crippen molar-refractivity contribution in [3.63, 3.8) is 0 Å². The summed E-state index contributed by atoms with van der Waals surface area (Å²) < 4.78 is 18.6. The Hall–Kier alpha value is -4.40. The van der Waals surface area contributed by atoms with E-state index >= 15 is 0 Å². The highest BCUT2D eigenvalue weighted by atomic mass is 19.1. The summed E-state index contributed by atoms with van der Waals surface area (Å²) in [6.07, 6.45) is 3.28. The van der Waals surface area contributed by atoms with E-state index in [1.54, 1.807) is 30.9 Å². The predicted octanol–water partition coefficient (Wildman–Crippen LogP) is 4.71. The Morgan fingerprint density at radius 2 is 1.88 bits per heavy atom. The van der Waals surface area contributed by atoms with Gasteiger partial charge in [-0.25, -0.2) is 14.4 Å². The minimum absolute atomic E-state index is 0.0835. The van der Waals surface area contributed by atoms with Crippen molar-refractivity contribution in [2.75, 3.05) is 5.32 Å². The first-order valence-corrected chi connectivity index (χ1v) is 10.9. The Balaban J connectivity index is 1.43. The highest BCUT2D eigenvalue weighted by Crippen LogP contribution is 2.22. The fourth-order valence-corrected chi connectivity index (χ4v) is 3.78. The Bertz CT molecular complexity index is 1470. The van der Waals surface area contributed by atoms with Crippen molar-refractivity contribution in [1.82, 2.24) is 29.3 Å². The van der Waals surface area contributed by atoms with E-state index in [1.807, 2.05) is 53.3 Å². The van der Waals surface area contributed by atoms with Crippen LogP contribution in [0, 0.1) is 5.82 Å². The number of fused-ring (bicyclic) bond motifs is 1. The Morgan fingerprint density at radius 3 is 2.68 bits per heavy atom. The lowest BCUT2D eigenvalue weighted by Crippen LogP contribution is -2.15. The third-order valence-corrected chi connectivity index (χ3v) is 5.50. The molecule has 0 spiro atoms. The van der Waals surface area contributed by atoms with Crippen LogP contribution in [0.1, 0.15) is 35.8 Å². The average molecular weight is 455 g/mol. The van der Waals surface area contributed by atoms with E-state index in [0.717, 1.165) is 5.56 Å². The molecular formula is C25H22FN7O. The summed E-state index contributed by atoms with van der Waals surface area (Å²) >= 11 is 0. The molecule has 8 nitrogen and oxygen atoms in total. The number of hydrogen-bond acceptors (Lipinski definition) is 5. The molecule has 34 heavy (non-hydrogen) atoms. The van der Waals surface area contributed by atoms with Gasteiger partial charge in [-0.2, -0.15) is 0 Å². The van der Waals surface area contributed by atoms with Gasteiger partial charge in [0.05, 0.1) is 22.9 Å². The van der Waals surface area contributed by atoms with Crippen LogP contribution in [0.3, 0.4) is 0 Å². The van der Waals surface area contributed by atoms with Gasteiger partial charge >= 0.3 is 0 Å². The van der Waals surface area contributed by atoms with Gasteiger partial charge in [-0.15, -0.1) is 10.2 Å². The Morgan fingerprint density at radius 1 is 1.06 bits per heavy atom. The van der Waals surface area contributed by atoms with Gasteiger partial charge < -0.3 is 14.5 Å². The molecule has 0 aliphatic heterocycles. The fourth-order valence-electron chi connectivity index (χ4n) is 3.78. The predicted molar refractivity (Wildman–Crippen MR) is 127 cm³/mol. The van der Waals surface area contributed by atoms with Crippen LogP contribution in [0.25, 0.3) is 22.6 Å². The molecule has 0 aliphatic carbocycles. The molecule has 9 heteroatoms. The van der Waals surface area contributed by atoms with Crippen LogP contribution in [0.4, 0.5) is 10.2 Å². The van der Waals surface area contributed by atoms with Gasteiger partial charge in [0.2, 0.25) is 0 Å². The van der Waals surface area contributed by atoms with Gasteiger partial charge in [-0.3, -0.25) is 4.79 Å². The average Bonchev–Trinajstić information content (AvgIpc) is 3.47. The van der Waals surface area contributed by atoms with E-state index in [1.165, 1.54) is 12.1 Å². The van der Waals surface area contributed by atoms with Gasteiger partial charge in [0.25, 0.3) is 5.91 Å². The van der Waals surface area contributed by atoms with Crippen molar-refractivity contribution in [1.29, 1.82) is 0 Å². The lowest BCUT2D eigenvalue weighted by Gasteiger charge is -2.11. The molecule has 2 aromatic carbocycles. The SMILES string of the molecule is CC(C)n1cnnc1-c1cccc(NC(=O)c2cc3c(cc2F)ncn3Cc2ccccc2)n1. The highest BCUT2D eigenvalue weighted by molar-refractivity contribution is 6.05. The van der Waals surface area contributed by atoms with Crippen LogP contribution in [-0.4, -0.2) is 35.2 Å². The van der Waals surface area contributed by atoms with Crippen LogP contribution in [0.15, 0.2) is 73.3 Å². The summed E-state index contributed by atoms with van der Waals surface area (Å²) in [5.74, 6) is -0.367. The summed E-state index contributed by atoms with van der Waals surface area (Å²) in [5, 5.41) is 10.8. The van der Waals surface area contributed by atoms with Gasteiger partial charge in [-0.05, 0) is 37.6 Å². The topological polar surface area (TPSA) is 90.5 Å². The maximum atomic E-state index is 14.8. The van der Waals surface area contributed by atoms with Crippen LogP contribution < -0.4 is 5.32 Å². The third-order valence-electron chi connectivity index (χ3n) is 5.50. The molecule has 0 saturated carbocycles. The molecule has 5 aromatic rings. The van der Waals surface area contributed by atoms with Crippen molar-refractivity contribution < 1.29 is 9.18 Å². The lowest BCUT2D eigenvalue weighted by atomic mass is 10.1.